The van der Waals surface area contributed by atoms with Gasteiger partial charge < -0.3 is 9.73 Å². The second kappa shape index (κ2) is 5.82. The minimum atomic E-state index is -0.171. The Balaban J connectivity index is 2.13. The van der Waals surface area contributed by atoms with Crippen LogP contribution in [0, 0.1) is 0 Å². The van der Waals surface area contributed by atoms with E-state index < -0.39 is 0 Å². The standard InChI is InChI=1S/C15H13NO3/c1-11(17)16-13-5-2-4-12(10-13)15(18)8-7-14-6-3-9-19-14/h2-10H,1H3,(H,16,17)/b8-7-. The van der Waals surface area contributed by atoms with Crippen LogP contribution >= 0.6 is 0 Å². The molecule has 1 amide bonds. The van der Waals surface area contributed by atoms with Crippen LogP contribution in [-0.4, -0.2) is 11.7 Å². The zero-order valence-corrected chi connectivity index (χ0v) is 10.4. The van der Waals surface area contributed by atoms with Crippen molar-refractivity contribution in [1.29, 1.82) is 0 Å². The quantitative estimate of drug-likeness (QED) is 0.674. The Morgan fingerprint density at radius 1 is 1.21 bits per heavy atom. The van der Waals surface area contributed by atoms with Crippen molar-refractivity contribution in [2.75, 3.05) is 5.32 Å². The van der Waals surface area contributed by atoms with Gasteiger partial charge in [0, 0.05) is 18.2 Å². The molecule has 0 atom stereocenters. The molecule has 0 aliphatic rings. The van der Waals surface area contributed by atoms with Crippen LogP contribution in [0.3, 0.4) is 0 Å². The topological polar surface area (TPSA) is 59.3 Å². The molecule has 4 nitrogen and oxygen atoms in total. The van der Waals surface area contributed by atoms with Crippen molar-refractivity contribution in [2.24, 2.45) is 0 Å². The molecule has 0 radical (unpaired) electrons. The molecule has 1 aromatic carbocycles. The summed E-state index contributed by atoms with van der Waals surface area (Å²) in [6, 6.07) is 10.3. The van der Waals surface area contributed by atoms with Crippen LogP contribution in [0.1, 0.15) is 23.0 Å². The molecule has 1 N–H and O–H groups in total. The van der Waals surface area contributed by atoms with E-state index in [-0.39, 0.29) is 11.7 Å². The van der Waals surface area contributed by atoms with Crippen molar-refractivity contribution in [1.82, 2.24) is 0 Å². The zero-order chi connectivity index (χ0) is 13.7. The van der Waals surface area contributed by atoms with E-state index in [1.54, 1.807) is 48.7 Å². The van der Waals surface area contributed by atoms with Gasteiger partial charge in [-0.15, -0.1) is 0 Å². The molecular weight excluding hydrogens is 242 g/mol. The molecule has 2 aromatic rings. The maximum Gasteiger partial charge on any atom is 0.221 e. The largest absolute Gasteiger partial charge is 0.465 e. The SMILES string of the molecule is CC(=O)Nc1cccc(C(=O)/C=C\c2ccco2)c1. The van der Waals surface area contributed by atoms with Crippen LogP contribution in [0.2, 0.25) is 0 Å². The summed E-state index contributed by atoms with van der Waals surface area (Å²) in [5.74, 6) is 0.297. The summed E-state index contributed by atoms with van der Waals surface area (Å²) in [6.45, 7) is 1.42. The van der Waals surface area contributed by atoms with Gasteiger partial charge in [0.2, 0.25) is 5.91 Å². The predicted octanol–water partition coefficient (Wildman–Crippen LogP) is 3.13. The number of allylic oxidation sites excluding steroid dienone is 1. The summed E-state index contributed by atoms with van der Waals surface area (Å²) in [5.41, 5.74) is 1.11. The summed E-state index contributed by atoms with van der Waals surface area (Å²) in [4.78, 5) is 22.9. The molecule has 0 unspecified atom stereocenters. The Morgan fingerprint density at radius 2 is 2.05 bits per heavy atom. The summed E-state index contributed by atoms with van der Waals surface area (Å²) in [6.07, 6.45) is 4.58. The van der Waals surface area contributed by atoms with Gasteiger partial charge in [-0.05, 0) is 36.4 Å². The molecule has 1 heterocycles. The number of carbonyl (C=O) groups excluding carboxylic acids is 2. The van der Waals surface area contributed by atoms with Crippen molar-refractivity contribution < 1.29 is 14.0 Å². The molecule has 4 heteroatoms. The maximum absolute atomic E-state index is 11.9. The monoisotopic (exact) mass is 255 g/mol. The van der Waals surface area contributed by atoms with Gasteiger partial charge in [-0.1, -0.05) is 12.1 Å². The molecule has 0 saturated heterocycles. The van der Waals surface area contributed by atoms with E-state index in [1.807, 2.05) is 0 Å². The molecule has 0 fully saturated rings. The number of carbonyl (C=O) groups is 2. The van der Waals surface area contributed by atoms with Gasteiger partial charge in [-0.25, -0.2) is 0 Å². The first kappa shape index (κ1) is 12.8. The molecule has 96 valence electrons. The van der Waals surface area contributed by atoms with Gasteiger partial charge in [-0.3, -0.25) is 9.59 Å². The molecule has 0 bridgehead atoms. The number of ketones is 1. The van der Waals surface area contributed by atoms with Crippen LogP contribution in [0.4, 0.5) is 5.69 Å². The van der Waals surface area contributed by atoms with Crippen molar-refractivity contribution in [3.05, 3.63) is 60.1 Å². The Bertz CT molecular complexity index is 612. The summed E-state index contributed by atoms with van der Waals surface area (Å²) in [7, 11) is 0. The van der Waals surface area contributed by atoms with Crippen LogP contribution in [0.15, 0.2) is 53.2 Å². The summed E-state index contributed by atoms with van der Waals surface area (Å²) < 4.78 is 5.10. The van der Waals surface area contributed by atoms with Gasteiger partial charge in [0.05, 0.1) is 6.26 Å². The number of benzene rings is 1. The molecule has 0 spiro atoms. The van der Waals surface area contributed by atoms with Crippen molar-refractivity contribution in [3.8, 4) is 0 Å². The van der Waals surface area contributed by atoms with E-state index in [2.05, 4.69) is 5.32 Å². The van der Waals surface area contributed by atoms with E-state index in [0.717, 1.165) is 0 Å². The Morgan fingerprint density at radius 3 is 2.74 bits per heavy atom. The number of rotatable bonds is 4. The second-order valence-electron chi connectivity index (χ2n) is 3.97. The predicted molar refractivity (Wildman–Crippen MR) is 72.8 cm³/mol. The maximum atomic E-state index is 11.9. The molecule has 0 aliphatic heterocycles. The lowest BCUT2D eigenvalue weighted by Gasteiger charge is -2.03. The van der Waals surface area contributed by atoms with Crippen LogP contribution in [-0.2, 0) is 4.79 Å². The minimum Gasteiger partial charge on any atom is -0.465 e. The third-order valence-electron chi connectivity index (χ3n) is 2.41. The zero-order valence-electron chi connectivity index (χ0n) is 10.4. The van der Waals surface area contributed by atoms with Crippen LogP contribution in [0.5, 0.6) is 0 Å². The summed E-state index contributed by atoms with van der Waals surface area (Å²) in [5, 5.41) is 2.64. The first-order valence-corrected chi connectivity index (χ1v) is 5.79. The number of hydrogen-bond donors (Lipinski definition) is 1. The van der Waals surface area contributed by atoms with E-state index in [4.69, 9.17) is 4.42 Å². The first-order chi connectivity index (χ1) is 9.15. The Labute approximate surface area is 110 Å². The number of furan rings is 1. The van der Waals surface area contributed by atoms with Crippen molar-refractivity contribution in [3.63, 3.8) is 0 Å². The lowest BCUT2D eigenvalue weighted by Crippen LogP contribution is -2.06. The number of hydrogen-bond acceptors (Lipinski definition) is 3. The fourth-order valence-electron chi connectivity index (χ4n) is 1.59. The molecule has 2 rings (SSSR count). The fourth-order valence-corrected chi connectivity index (χ4v) is 1.59. The Hall–Kier alpha value is -2.62. The number of nitrogens with one attached hydrogen (secondary N) is 1. The molecular formula is C15H13NO3. The Kier molecular flexibility index (Phi) is 3.93. The number of amides is 1. The second-order valence-corrected chi connectivity index (χ2v) is 3.97. The first-order valence-electron chi connectivity index (χ1n) is 5.79. The van der Waals surface area contributed by atoms with Crippen LogP contribution < -0.4 is 5.32 Å². The van der Waals surface area contributed by atoms with E-state index in [1.165, 1.54) is 13.0 Å². The highest BCUT2D eigenvalue weighted by molar-refractivity contribution is 6.07. The average molecular weight is 255 g/mol. The third-order valence-corrected chi connectivity index (χ3v) is 2.41. The fraction of sp³-hybridized carbons (Fsp3) is 0.0667. The smallest absolute Gasteiger partial charge is 0.221 e. The molecule has 0 saturated carbocycles. The molecule has 1 aromatic heterocycles. The van der Waals surface area contributed by atoms with E-state index >= 15 is 0 Å². The van der Waals surface area contributed by atoms with Crippen LogP contribution in [0.25, 0.3) is 6.08 Å². The number of anilines is 1. The van der Waals surface area contributed by atoms with Gasteiger partial charge in [0.1, 0.15) is 5.76 Å². The highest BCUT2D eigenvalue weighted by Crippen LogP contribution is 2.12. The van der Waals surface area contributed by atoms with Crippen molar-refractivity contribution in [2.45, 2.75) is 6.92 Å². The minimum absolute atomic E-state index is 0.149. The molecule has 19 heavy (non-hydrogen) atoms. The highest BCUT2D eigenvalue weighted by atomic mass is 16.3. The molecule has 0 aliphatic carbocycles. The van der Waals surface area contributed by atoms with Gasteiger partial charge in [0.15, 0.2) is 5.78 Å². The normalized spacial score (nSPS) is 10.6. The lowest BCUT2D eigenvalue weighted by molar-refractivity contribution is -0.114. The average Bonchev–Trinajstić information content (AvgIpc) is 2.88. The van der Waals surface area contributed by atoms with Crippen molar-refractivity contribution >= 4 is 23.5 Å². The van der Waals surface area contributed by atoms with E-state index in [9.17, 15) is 9.59 Å². The van der Waals surface area contributed by atoms with Gasteiger partial charge in [0.25, 0.3) is 0 Å². The summed E-state index contributed by atoms with van der Waals surface area (Å²) >= 11 is 0. The third kappa shape index (κ3) is 3.67. The van der Waals surface area contributed by atoms with Gasteiger partial charge >= 0.3 is 0 Å². The van der Waals surface area contributed by atoms with Gasteiger partial charge in [-0.2, -0.15) is 0 Å². The van der Waals surface area contributed by atoms with E-state index in [0.29, 0.717) is 17.0 Å². The lowest BCUT2D eigenvalue weighted by atomic mass is 10.1. The highest BCUT2D eigenvalue weighted by Gasteiger charge is 2.04.